The Kier molecular flexibility index (Phi) is 7.05. The first-order chi connectivity index (χ1) is 14.6. The normalized spacial score (nSPS) is 10.3. The smallest absolute Gasteiger partial charge is 0.261 e. The van der Waals surface area contributed by atoms with Gasteiger partial charge in [-0.05, 0) is 48.5 Å². The molecule has 2 aromatic carbocycles. The molecule has 0 bridgehead atoms. The van der Waals surface area contributed by atoms with Crippen LogP contribution in [0.15, 0.2) is 65.7 Å². The van der Waals surface area contributed by atoms with Crippen LogP contribution in [0.5, 0.6) is 17.2 Å². The molecule has 8 heteroatoms. The molecule has 0 N–H and O–H groups in total. The molecule has 1 aromatic heterocycles. The molecule has 0 aliphatic carbocycles. The molecule has 0 saturated heterocycles. The number of benzene rings is 2. The highest BCUT2D eigenvalue weighted by Gasteiger charge is 2.18. The van der Waals surface area contributed by atoms with Gasteiger partial charge in [-0.2, -0.15) is 4.98 Å². The summed E-state index contributed by atoms with van der Waals surface area (Å²) in [5, 5.41) is 3.99. The predicted octanol–water partition coefficient (Wildman–Crippen LogP) is 3.35. The van der Waals surface area contributed by atoms with Crippen LogP contribution in [0.2, 0.25) is 0 Å². The van der Waals surface area contributed by atoms with E-state index in [9.17, 15) is 4.79 Å². The maximum absolute atomic E-state index is 12.6. The van der Waals surface area contributed by atoms with Crippen molar-refractivity contribution in [1.82, 2.24) is 15.0 Å². The molecule has 3 rings (SSSR count). The number of hydrogen-bond acceptors (Lipinski definition) is 7. The third-order valence-corrected chi connectivity index (χ3v) is 4.27. The van der Waals surface area contributed by atoms with Crippen LogP contribution < -0.4 is 14.2 Å². The molecule has 0 fully saturated rings. The standard InChI is InChI=1S/C22H23N3O5/c1-4-13-25(21(26)15-29-19-11-9-18(28-3)10-12-19)14-20-23-22(24-30-20)16-5-7-17(27-2)8-6-16/h4-12H,1,13-15H2,2-3H3. The minimum Gasteiger partial charge on any atom is -0.497 e. The van der Waals surface area contributed by atoms with Gasteiger partial charge in [0.2, 0.25) is 11.7 Å². The molecule has 8 nitrogen and oxygen atoms in total. The molecule has 156 valence electrons. The third kappa shape index (κ3) is 5.38. The average Bonchev–Trinajstić information content (AvgIpc) is 3.26. The summed E-state index contributed by atoms with van der Waals surface area (Å²) in [6.45, 7) is 4.06. The van der Waals surface area contributed by atoms with Gasteiger partial charge in [-0.3, -0.25) is 4.79 Å². The number of ether oxygens (including phenoxy) is 3. The van der Waals surface area contributed by atoms with Gasteiger partial charge in [0.15, 0.2) is 6.61 Å². The largest absolute Gasteiger partial charge is 0.497 e. The van der Waals surface area contributed by atoms with Gasteiger partial charge in [0, 0.05) is 12.1 Å². The van der Waals surface area contributed by atoms with Crippen molar-refractivity contribution in [3.8, 4) is 28.6 Å². The molecule has 0 spiro atoms. The lowest BCUT2D eigenvalue weighted by Gasteiger charge is -2.19. The second-order valence-corrected chi connectivity index (χ2v) is 6.27. The predicted molar refractivity (Wildman–Crippen MR) is 110 cm³/mol. The molecule has 0 radical (unpaired) electrons. The van der Waals surface area contributed by atoms with E-state index in [2.05, 4.69) is 16.7 Å². The summed E-state index contributed by atoms with van der Waals surface area (Å²) < 4.78 is 21.1. The van der Waals surface area contributed by atoms with E-state index in [1.165, 1.54) is 4.90 Å². The summed E-state index contributed by atoms with van der Waals surface area (Å²) in [5.74, 6) is 2.55. The third-order valence-electron chi connectivity index (χ3n) is 4.27. The van der Waals surface area contributed by atoms with E-state index >= 15 is 0 Å². The van der Waals surface area contributed by atoms with Crippen molar-refractivity contribution < 1.29 is 23.5 Å². The number of nitrogens with zero attached hydrogens (tertiary/aromatic N) is 3. The fourth-order valence-electron chi connectivity index (χ4n) is 2.66. The van der Waals surface area contributed by atoms with Crippen molar-refractivity contribution in [3.63, 3.8) is 0 Å². The van der Waals surface area contributed by atoms with Gasteiger partial charge >= 0.3 is 0 Å². The van der Waals surface area contributed by atoms with Crippen molar-refractivity contribution in [2.24, 2.45) is 0 Å². The van der Waals surface area contributed by atoms with Crippen LogP contribution in [0.25, 0.3) is 11.4 Å². The first kappa shape index (κ1) is 20.9. The Morgan fingerprint density at radius 1 is 1.03 bits per heavy atom. The molecule has 1 heterocycles. The highest BCUT2D eigenvalue weighted by Crippen LogP contribution is 2.20. The number of carbonyl (C=O) groups is 1. The van der Waals surface area contributed by atoms with Gasteiger partial charge < -0.3 is 23.6 Å². The minimum absolute atomic E-state index is 0.125. The Morgan fingerprint density at radius 2 is 1.63 bits per heavy atom. The number of carbonyl (C=O) groups excluding carboxylic acids is 1. The molecule has 0 saturated carbocycles. The topological polar surface area (TPSA) is 86.9 Å². The Labute approximate surface area is 174 Å². The van der Waals surface area contributed by atoms with Gasteiger partial charge in [-0.1, -0.05) is 11.2 Å². The van der Waals surface area contributed by atoms with Crippen LogP contribution in [0.1, 0.15) is 5.89 Å². The number of hydrogen-bond donors (Lipinski definition) is 0. The van der Waals surface area contributed by atoms with Crippen molar-refractivity contribution in [3.05, 3.63) is 67.1 Å². The van der Waals surface area contributed by atoms with Crippen LogP contribution in [0.4, 0.5) is 0 Å². The highest BCUT2D eigenvalue weighted by molar-refractivity contribution is 5.77. The van der Waals surface area contributed by atoms with E-state index in [1.807, 2.05) is 24.3 Å². The fourth-order valence-corrected chi connectivity index (χ4v) is 2.66. The number of amides is 1. The molecule has 1 amide bonds. The Morgan fingerprint density at radius 3 is 2.23 bits per heavy atom. The highest BCUT2D eigenvalue weighted by atomic mass is 16.5. The fraction of sp³-hybridized carbons (Fsp3) is 0.227. The lowest BCUT2D eigenvalue weighted by Crippen LogP contribution is -2.34. The van der Waals surface area contributed by atoms with Crippen LogP contribution in [0, 0.1) is 0 Å². The number of aromatic nitrogens is 2. The number of rotatable bonds is 10. The zero-order chi connectivity index (χ0) is 21.3. The summed E-state index contributed by atoms with van der Waals surface area (Å²) in [5.41, 5.74) is 0.787. The van der Waals surface area contributed by atoms with Gasteiger partial charge in [-0.25, -0.2) is 0 Å². The van der Waals surface area contributed by atoms with Gasteiger partial charge in [-0.15, -0.1) is 6.58 Å². The van der Waals surface area contributed by atoms with E-state index in [0.717, 1.165) is 11.3 Å². The van der Waals surface area contributed by atoms with Crippen LogP contribution in [0.3, 0.4) is 0 Å². The van der Waals surface area contributed by atoms with E-state index in [4.69, 9.17) is 18.7 Å². The van der Waals surface area contributed by atoms with Crippen molar-refractivity contribution in [1.29, 1.82) is 0 Å². The maximum atomic E-state index is 12.6. The zero-order valence-electron chi connectivity index (χ0n) is 16.9. The Hall–Kier alpha value is -3.81. The second-order valence-electron chi connectivity index (χ2n) is 6.27. The molecule has 0 unspecified atom stereocenters. The minimum atomic E-state index is -0.227. The molecule has 0 aliphatic rings. The number of methoxy groups -OCH3 is 2. The van der Waals surface area contributed by atoms with Crippen LogP contribution in [-0.2, 0) is 11.3 Å². The van der Waals surface area contributed by atoms with E-state index in [0.29, 0.717) is 29.8 Å². The summed E-state index contributed by atoms with van der Waals surface area (Å²) in [4.78, 5) is 18.5. The zero-order valence-corrected chi connectivity index (χ0v) is 16.9. The molecule has 0 aliphatic heterocycles. The van der Waals surface area contributed by atoms with E-state index in [1.54, 1.807) is 44.6 Å². The maximum Gasteiger partial charge on any atom is 0.261 e. The first-order valence-electron chi connectivity index (χ1n) is 9.25. The summed E-state index contributed by atoms with van der Waals surface area (Å²) in [6, 6.07) is 14.3. The van der Waals surface area contributed by atoms with E-state index < -0.39 is 0 Å². The van der Waals surface area contributed by atoms with Crippen molar-refractivity contribution >= 4 is 5.91 Å². The quantitative estimate of drug-likeness (QED) is 0.475. The molecule has 0 atom stereocenters. The van der Waals surface area contributed by atoms with Crippen molar-refractivity contribution in [2.45, 2.75) is 6.54 Å². The summed E-state index contributed by atoms with van der Waals surface area (Å²) in [6.07, 6.45) is 1.63. The SMILES string of the molecule is C=CCN(Cc1nc(-c2ccc(OC)cc2)no1)C(=O)COc1ccc(OC)cc1. The van der Waals surface area contributed by atoms with Crippen LogP contribution >= 0.6 is 0 Å². The van der Waals surface area contributed by atoms with Gasteiger partial charge in [0.05, 0.1) is 14.2 Å². The van der Waals surface area contributed by atoms with Crippen molar-refractivity contribution in [2.75, 3.05) is 27.4 Å². The Balaban J connectivity index is 1.62. The lowest BCUT2D eigenvalue weighted by molar-refractivity contribution is -0.133. The Bertz CT molecular complexity index is 967. The molecule has 3 aromatic rings. The molecular weight excluding hydrogens is 386 g/mol. The summed E-state index contributed by atoms with van der Waals surface area (Å²) >= 11 is 0. The lowest BCUT2D eigenvalue weighted by atomic mass is 10.2. The molecule has 30 heavy (non-hydrogen) atoms. The molecular formula is C22H23N3O5. The summed E-state index contributed by atoms with van der Waals surface area (Å²) in [7, 11) is 3.19. The second kappa shape index (κ2) is 10.1. The van der Waals surface area contributed by atoms with Gasteiger partial charge in [0.25, 0.3) is 5.91 Å². The monoisotopic (exact) mass is 409 g/mol. The first-order valence-corrected chi connectivity index (χ1v) is 9.25. The average molecular weight is 409 g/mol. The van der Waals surface area contributed by atoms with Crippen LogP contribution in [-0.4, -0.2) is 48.3 Å². The van der Waals surface area contributed by atoms with Gasteiger partial charge in [0.1, 0.15) is 23.8 Å². The van der Waals surface area contributed by atoms with E-state index in [-0.39, 0.29) is 19.1 Å².